The number of nitrogens with zero attached hydrogens (tertiary/aromatic N) is 3. The van der Waals surface area contributed by atoms with E-state index in [2.05, 4.69) is 22.2 Å². The molecule has 1 N–H and O–H groups in total. The highest BCUT2D eigenvalue weighted by atomic mass is 35.5. The van der Waals surface area contributed by atoms with Crippen molar-refractivity contribution in [3.8, 4) is 0 Å². The molecule has 120 valence electrons. The van der Waals surface area contributed by atoms with Gasteiger partial charge in [-0.1, -0.05) is 37.1 Å². The fourth-order valence-electron chi connectivity index (χ4n) is 2.60. The van der Waals surface area contributed by atoms with Gasteiger partial charge in [0.15, 0.2) is 0 Å². The van der Waals surface area contributed by atoms with Gasteiger partial charge in [-0.2, -0.15) is 0 Å². The topological polar surface area (TPSA) is 58.1 Å². The summed E-state index contributed by atoms with van der Waals surface area (Å²) in [5.74, 6) is -0.133. The summed E-state index contributed by atoms with van der Waals surface area (Å²) in [7, 11) is 0. The van der Waals surface area contributed by atoms with Crippen LogP contribution in [0.15, 0.2) is 30.6 Å². The van der Waals surface area contributed by atoms with E-state index in [1.807, 2.05) is 0 Å². The van der Waals surface area contributed by atoms with E-state index in [0.717, 1.165) is 18.4 Å². The Hall–Kier alpha value is -2.21. The third-order valence-electron chi connectivity index (χ3n) is 3.80. The first-order chi connectivity index (χ1) is 11.1. The van der Waals surface area contributed by atoms with Crippen LogP contribution in [0, 0.1) is 5.82 Å². The maximum absolute atomic E-state index is 13.2. The molecule has 2 aromatic rings. The molecule has 0 fully saturated rings. The molecule has 1 aliphatic heterocycles. The van der Waals surface area contributed by atoms with Gasteiger partial charge in [-0.15, -0.1) is 0 Å². The predicted molar refractivity (Wildman–Crippen MR) is 85.8 cm³/mol. The number of nitrogens with one attached hydrogen (secondary N) is 1. The standard InChI is InChI=1S/C16H16ClFN4O/c1-2-3-8-22-15(10-4-6-11(18)7-5-10)21-14-12(16(22)23)13(17)19-9-20-14/h4-7,9,15H,2-3,8H2,1H3,(H,19,20,21). The number of benzene rings is 1. The number of hydrogen-bond acceptors (Lipinski definition) is 4. The number of halogens is 2. The summed E-state index contributed by atoms with van der Waals surface area (Å²) in [5.41, 5.74) is 1.07. The Kier molecular flexibility index (Phi) is 4.43. The van der Waals surface area contributed by atoms with Crippen molar-refractivity contribution in [2.75, 3.05) is 11.9 Å². The first-order valence-electron chi connectivity index (χ1n) is 7.45. The molecule has 2 heterocycles. The molecule has 1 atom stereocenters. The summed E-state index contributed by atoms with van der Waals surface area (Å²) >= 11 is 6.06. The smallest absolute Gasteiger partial charge is 0.262 e. The van der Waals surface area contributed by atoms with Crippen LogP contribution in [-0.4, -0.2) is 27.3 Å². The number of amides is 1. The van der Waals surface area contributed by atoms with Crippen molar-refractivity contribution in [1.29, 1.82) is 0 Å². The Morgan fingerprint density at radius 1 is 1.30 bits per heavy atom. The normalized spacial score (nSPS) is 16.9. The molecule has 5 nitrogen and oxygen atoms in total. The Bertz CT molecular complexity index is 723. The number of hydrogen-bond donors (Lipinski definition) is 1. The van der Waals surface area contributed by atoms with Gasteiger partial charge >= 0.3 is 0 Å². The van der Waals surface area contributed by atoms with Crippen LogP contribution in [0.25, 0.3) is 0 Å². The second-order valence-electron chi connectivity index (χ2n) is 5.34. The summed E-state index contributed by atoms with van der Waals surface area (Å²) in [6.45, 7) is 2.62. The number of carbonyl (C=O) groups excluding carboxylic acids is 1. The molecule has 1 aromatic carbocycles. The van der Waals surface area contributed by atoms with Crippen LogP contribution in [0.5, 0.6) is 0 Å². The second kappa shape index (κ2) is 6.50. The van der Waals surface area contributed by atoms with Crippen molar-refractivity contribution >= 4 is 23.3 Å². The van der Waals surface area contributed by atoms with Crippen LogP contribution in [0.1, 0.15) is 41.9 Å². The molecule has 0 saturated carbocycles. The zero-order chi connectivity index (χ0) is 16.4. The molecular formula is C16H16ClFN4O. The Morgan fingerprint density at radius 3 is 2.74 bits per heavy atom. The molecule has 0 radical (unpaired) electrons. The van der Waals surface area contributed by atoms with Gasteiger partial charge in [-0.25, -0.2) is 14.4 Å². The van der Waals surface area contributed by atoms with Gasteiger partial charge in [-0.05, 0) is 24.1 Å². The Morgan fingerprint density at radius 2 is 2.04 bits per heavy atom. The Labute approximate surface area is 138 Å². The molecule has 7 heteroatoms. The summed E-state index contributed by atoms with van der Waals surface area (Å²) in [6, 6.07) is 6.07. The van der Waals surface area contributed by atoms with Gasteiger partial charge in [0.05, 0.1) is 0 Å². The predicted octanol–water partition coefficient (Wildman–Crippen LogP) is 3.64. The summed E-state index contributed by atoms with van der Waals surface area (Å²) < 4.78 is 13.2. The van der Waals surface area contributed by atoms with Crippen molar-refractivity contribution in [2.24, 2.45) is 0 Å². The Balaban J connectivity index is 2.03. The van der Waals surface area contributed by atoms with Crippen LogP contribution in [-0.2, 0) is 0 Å². The van der Waals surface area contributed by atoms with Crippen molar-refractivity contribution in [1.82, 2.24) is 14.9 Å². The van der Waals surface area contributed by atoms with E-state index in [-0.39, 0.29) is 22.4 Å². The number of fused-ring (bicyclic) bond motifs is 1. The van der Waals surface area contributed by atoms with E-state index in [4.69, 9.17) is 11.6 Å². The fourth-order valence-corrected chi connectivity index (χ4v) is 2.81. The highest BCUT2D eigenvalue weighted by Crippen LogP contribution is 2.34. The van der Waals surface area contributed by atoms with Crippen molar-refractivity contribution in [3.63, 3.8) is 0 Å². The SMILES string of the molecule is CCCCN1C(=O)c2c(Cl)ncnc2NC1c1ccc(F)cc1. The van der Waals surface area contributed by atoms with E-state index < -0.39 is 6.17 Å². The van der Waals surface area contributed by atoms with Gasteiger partial charge in [0.2, 0.25) is 0 Å². The highest BCUT2D eigenvalue weighted by molar-refractivity contribution is 6.33. The summed E-state index contributed by atoms with van der Waals surface area (Å²) in [4.78, 5) is 22.5. The molecule has 0 bridgehead atoms. The minimum Gasteiger partial charge on any atom is -0.345 e. The molecule has 1 amide bonds. The molecule has 1 aliphatic rings. The molecule has 0 saturated heterocycles. The van der Waals surface area contributed by atoms with Crippen molar-refractivity contribution in [3.05, 3.63) is 52.7 Å². The lowest BCUT2D eigenvalue weighted by Crippen LogP contribution is -2.44. The van der Waals surface area contributed by atoms with E-state index in [1.165, 1.54) is 18.5 Å². The van der Waals surface area contributed by atoms with E-state index in [1.54, 1.807) is 17.0 Å². The summed E-state index contributed by atoms with van der Waals surface area (Å²) in [6.07, 6.45) is 2.70. The molecular weight excluding hydrogens is 319 g/mol. The van der Waals surface area contributed by atoms with Crippen LogP contribution in [0.2, 0.25) is 5.15 Å². The van der Waals surface area contributed by atoms with Crippen LogP contribution < -0.4 is 5.32 Å². The number of unbranched alkanes of at least 4 members (excludes halogenated alkanes) is 1. The molecule has 1 aromatic heterocycles. The molecule has 1 unspecified atom stereocenters. The lowest BCUT2D eigenvalue weighted by Gasteiger charge is -2.37. The maximum atomic E-state index is 13.2. The van der Waals surface area contributed by atoms with Crippen molar-refractivity contribution in [2.45, 2.75) is 25.9 Å². The van der Waals surface area contributed by atoms with E-state index in [9.17, 15) is 9.18 Å². The minimum atomic E-state index is -0.409. The molecule has 0 spiro atoms. The van der Waals surface area contributed by atoms with Gasteiger partial charge in [0, 0.05) is 6.54 Å². The number of aromatic nitrogens is 2. The lowest BCUT2D eigenvalue weighted by atomic mass is 10.1. The average molecular weight is 335 g/mol. The monoisotopic (exact) mass is 334 g/mol. The number of rotatable bonds is 4. The first kappa shape index (κ1) is 15.7. The third-order valence-corrected chi connectivity index (χ3v) is 4.09. The molecule has 3 rings (SSSR count). The van der Waals surface area contributed by atoms with Gasteiger partial charge in [-0.3, -0.25) is 4.79 Å². The molecule has 0 aliphatic carbocycles. The highest BCUT2D eigenvalue weighted by Gasteiger charge is 2.35. The maximum Gasteiger partial charge on any atom is 0.262 e. The molecule has 23 heavy (non-hydrogen) atoms. The van der Waals surface area contributed by atoms with Gasteiger partial charge in [0.1, 0.15) is 34.8 Å². The first-order valence-corrected chi connectivity index (χ1v) is 7.83. The zero-order valence-corrected chi connectivity index (χ0v) is 13.3. The minimum absolute atomic E-state index is 0.131. The largest absolute Gasteiger partial charge is 0.345 e. The second-order valence-corrected chi connectivity index (χ2v) is 5.70. The zero-order valence-electron chi connectivity index (χ0n) is 12.6. The average Bonchev–Trinajstić information content (AvgIpc) is 2.54. The third kappa shape index (κ3) is 2.99. The number of carbonyl (C=O) groups is 1. The number of anilines is 1. The summed E-state index contributed by atoms with van der Waals surface area (Å²) in [5, 5.41) is 3.34. The van der Waals surface area contributed by atoms with Crippen molar-refractivity contribution < 1.29 is 9.18 Å². The van der Waals surface area contributed by atoms with Crippen LogP contribution in [0.3, 0.4) is 0 Å². The quantitative estimate of drug-likeness (QED) is 0.867. The van der Waals surface area contributed by atoms with E-state index >= 15 is 0 Å². The lowest BCUT2D eigenvalue weighted by molar-refractivity contribution is 0.0678. The van der Waals surface area contributed by atoms with Crippen LogP contribution >= 0.6 is 11.6 Å². The van der Waals surface area contributed by atoms with Gasteiger partial charge in [0.25, 0.3) is 5.91 Å². The fraction of sp³-hybridized carbons (Fsp3) is 0.312. The van der Waals surface area contributed by atoms with E-state index in [0.29, 0.717) is 12.4 Å². The van der Waals surface area contributed by atoms with Crippen LogP contribution in [0.4, 0.5) is 10.2 Å². The van der Waals surface area contributed by atoms with Gasteiger partial charge < -0.3 is 10.2 Å².